The van der Waals surface area contributed by atoms with Gasteiger partial charge in [-0.2, -0.15) is 0 Å². The standard InChI is InChI=1S/C13H10BrFOS/c1-8-5-6-17-13(8)11(16)7-9-3-2-4-10(15)12(9)14/h2-6H,7H2,1H3. The van der Waals surface area contributed by atoms with Crippen LogP contribution < -0.4 is 0 Å². The number of benzene rings is 1. The Morgan fingerprint density at radius 3 is 2.82 bits per heavy atom. The van der Waals surface area contributed by atoms with Gasteiger partial charge in [0.05, 0.1) is 9.35 Å². The van der Waals surface area contributed by atoms with Gasteiger partial charge in [0.25, 0.3) is 0 Å². The molecule has 0 aliphatic rings. The summed E-state index contributed by atoms with van der Waals surface area (Å²) in [5, 5.41) is 1.89. The van der Waals surface area contributed by atoms with Crippen LogP contribution in [0.25, 0.3) is 0 Å². The van der Waals surface area contributed by atoms with Crippen molar-refractivity contribution in [2.24, 2.45) is 0 Å². The predicted octanol–water partition coefficient (Wildman–Crippen LogP) is 4.38. The maximum absolute atomic E-state index is 13.3. The lowest BCUT2D eigenvalue weighted by Gasteiger charge is -2.04. The van der Waals surface area contributed by atoms with Crippen molar-refractivity contribution < 1.29 is 9.18 Å². The first-order valence-corrected chi connectivity index (χ1v) is 6.77. The van der Waals surface area contributed by atoms with Crippen LogP contribution in [0.3, 0.4) is 0 Å². The molecule has 0 radical (unpaired) electrons. The van der Waals surface area contributed by atoms with Crippen molar-refractivity contribution in [3.8, 4) is 0 Å². The molecular weight excluding hydrogens is 303 g/mol. The maximum atomic E-state index is 13.3. The minimum Gasteiger partial charge on any atom is -0.293 e. The molecule has 0 spiro atoms. The third-order valence-electron chi connectivity index (χ3n) is 2.50. The lowest BCUT2D eigenvalue weighted by Crippen LogP contribution is -2.04. The van der Waals surface area contributed by atoms with Crippen LogP contribution in [0.1, 0.15) is 20.8 Å². The molecule has 17 heavy (non-hydrogen) atoms. The zero-order valence-electron chi connectivity index (χ0n) is 9.17. The normalized spacial score (nSPS) is 10.5. The van der Waals surface area contributed by atoms with Gasteiger partial charge in [-0.15, -0.1) is 11.3 Å². The van der Waals surface area contributed by atoms with Gasteiger partial charge in [-0.3, -0.25) is 4.79 Å². The fourth-order valence-electron chi connectivity index (χ4n) is 1.60. The summed E-state index contributed by atoms with van der Waals surface area (Å²) in [6, 6.07) is 6.66. The second kappa shape index (κ2) is 5.10. The molecule has 0 N–H and O–H groups in total. The quantitative estimate of drug-likeness (QED) is 0.768. The van der Waals surface area contributed by atoms with Gasteiger partial charge in [-0.05, 0) is 51.5 Å². The fraction of sp³-hybridized carbons (Fsp3) is 0.154. The molecule has 2 rings (SSSR count). The summed E-state index contributed by atoms with van der Waals surface area (Å²) in [7, 11) is 0. The van der Waals surface area contributed by atoms with Crippen LogP contribution in [0.4, 0.5) is 4.39 Å². The highest BCUT2D eigenvalue weighted by Gasteiger charge is 2.14. The Balaban J connectivity index is 2.25. The van der Waals surface area contributed by atoms with Crippen molar-refractivity contribution in [3.05, 3.63) is 55.9 Å². The average molecular weight is 313 g/mol. The zero-order valence-corrected chi connectivity index (χ0v) is 11.6. The highest BCUT2D eigenvalue weighted by molar-refractivity contribution is 9.10. The molecule has 1 nitrogen and oxygen atoms in total. The SMILES string of the molecule is Cc1ccsc1C(=O)Cc1cccc(F)c1Br. The van der Waals surface area contributed by atoms with Gasteiger partial charge in [0.1, 0.15) is 5.82 Å². The highest BCUT2D eigenvalue weighted by atomic mass is 79.9. The average Bonchev–Trinajstić information content (AvgIpc) is 2.71. The Kier molecular flexibility index (Phi) is 3.74. The van der Waals surface area contributed by atoms with E-state index in [1.807, 2.05) is 18.4 Å². The molecule has 88 valence electrons. The number of aryl methyl sites for hydroxylation is 1. The van der Waals surface area contributed by atoms with E-state index in [1.54, 1.807) is 12.1 Å². The minimum absolute atomic E-state index is 0.0313. The number of ketones is 1. The van der Waals surface area contributed by atoms with E-state index in [4.69, 9.17) is 0 Å². The molecule has 1 aromatic heterocycles. The molecule has 4 heteroatoms. The molecule has 0 saturated heterocycles. The topological polar surface area (TPSA) is 17.1 Å². The number of halogens is 2. The molecule has 0 atom stereocenters. The molecule has 0 fully saturated rings. The second-order valence-corrected chi connectivity index (χ2v) is 5.45. The first kappa shape index (κ1) is 12.5. The Labute approximate surface area is 111 Å². The van der Waals surface area contributed by atoms with Gasteiger partial charge in [-0.25, -0.2) is 4.39 Å². The van der Waals surface area contributed by atoms with Crippen LogP contribution in [-0.2, 0) is 6.42 Å². The van der Waals surface area contributed by atoms with Gasteiger partial charge in [0, 0.05) is 6.42 Å². The van der Waals surface area contributed by atoms with E-state index in [1.165, 1.54) is 17.4 Å². The van der Waals surface area contributed by atoms with Crippen LogP contribution in [0, 0.1) is 12.7 Å². The molecule has 1 heterocycles. The highest BCUT2D eigenvalue weighted by Crippen LogP contribution is 2.24. The number of rotatable bonds is 3. The van der Waals surface area contributed by atoms with Crippen LogP contribution >= 0.6 is 27.3 Å². The predicted molar refractivity (Wildman–Crippen MR) is 71.2 cm³/mol. The van der Waals surface area contributed by atoms with Crippen molar-refractivity contribution in [1.29, 1.82) is 0 Å². The molecule has 1 aromatic carbocycles. The van der Waals surface area contributed by atoms with Crippen LogP contribution in [0.2, 0.25) is 0 Å². The number of carbonyl (C=O) groups is 1. The van der Waals surface area contributed by atoms with Crippen molar-refractivity contribution in [2.45, 2.75) is 13.3 Å². The van der Waals surface area contributed by atoms with Gasteiger partial charge >= 0.3 is 0 Å². The Hall–Kier alpha value is -1.00. The number of hydrogen-bond acceptors (Lipinski definition) is 2. The summed E-state index contributed by atoms with van der Waals surface area (Å²) in [4.78, 5) is 12.8. The Morgan fingerprint density at radius 2 is 2.18 bits per heavy atom. The van der Waals surface area contributed by atoms with E-state index in [9.17, 15) is 9.18 Å². The monoisotopic (exact) mass is 312 g/mol. The largest absolute Gasteiger partial charge is 0.293 e. The summed E-state index contributed by atoms with van der Waals surface area (Å²) in [6.45, 7) is 1.91. The van der Waals surface area contributed by atoms with E-state index < -0.39 is 0 Å². The third-order valence-corrected chi connectivity index (χ3v) is 4.44. The molecule has 0 aliphatic heterocycles. The maximum Gasteiger partial charge on any atom is 0.177 e. The molecule has 0 bridgehead atoms. The fourth-order valence-corrected chi connectivity index (χ4v) is 2.87. The first-order valence-electron chi connectivity index (χ1n) is 5.10. The van der Waals surface area contributed by atoms with Crippen molar-refractivity contribution in [2.75, 3.05) is 0 Å². The molecule has 0 saturated carbocycles. The molecular formula is C13H10BrFOS. The summed E-state index contributed by atoms with van der Waals surface area (Å²) in [5.41, 5.74) is 1.66. The van der Waals surface area contributed by atoms with Crippen LogP contribution in [-0.4, -0.2) is 5.78 Å². The van der Waals surface area contributed by atoms with Crippen molar-refractivity contribution in [1.82, 2.24) is 0 Å². The third kappa shape index (κ3) is 2.64. The number of hydrogen-bond donors (Lipinski definition) is 0. The van der Waals surface area contributed by atoms with Crippen LogP contribution in [0.15, 0.2) is 34.1 Å². The molecule has 0 aliphatic carbocycles. The van der Waals surface area contributed by atoms with E-state index in [0.717, 1.165) is 10.4 Å². The smallest absolute Gasteiger partial charge is 0.177 e. The number of thiophene rings is 1. The first-order chi connectivity index (χ1) is 8.09. The van der Waals surface area contributed by atoms with E-state index >= 15 is 0 Å². The van der Waals surface area contributed by atoms with Gasteiger partial charge < -0.3 is 0 Å². The summed E-state index contributed by atoms with van der Waals surface area (Å²) in [5.74, 6) is -0.304. The number of carbonyl (C=O) groups excluding carboxylic acids is 1. The van der Waals surface area contributed by atoms with Gasteiger partial charge in [-0.1, -0.05) is 12.1 Å². The zero-order chi connectivity index (χ0) is 12.4. The van der Waals surface area contributed by atoms with Crippen molar-refractivity contribution in [3.63, 3.8) is 0 Å². The summed E-state index contributed by atoms with van der Waals surface area (Å²) in [6.07, 6.45) is 0.222. The molecule has 2 aromatic rings. The van der Waals surface area contributed by atoms with Crippen molar-refractivity contribution >= 4 is 33.0 Å². The van der Waals surface area contributed by atoms with E-state index in [-0.39, 0.29) is 18.0 Å². The Bertz CT molecular complexity index is 562. The van der Waals surface area contributed by atoms with E-state index in [2.05, 4.69) is 15.9 Å². The van der Waals surface area contributed by atoms with Gasteiger partial charge in [0.2, 0.25) is 0 Å². The summed E-state index contributed by atoms with van der Waals surface area (Å²) < 4.78 is 13.7. The van der Waals surface area contributed by atoms with Crippen LogP contribution in [0.5, 0.6) is 0 Å². The molecule has 0 unspecified atom stereocenters. The van der Waals surface area contributed by atoms with Gasteiger partial charge in [0.15, 0.2) is 5.78 Å². The van der Waals surface area contributed by atoms with E-state index in [0.29, 0.717) is 10.0 Å². The molecule has 0 amide bonds. The lowest BCUT2D eigenvalue weighted by molar-refractivity contribution is 0.0996. The number of Topliss-reactive ketones (excluding diaryl/α,β-unsaturated/α-hetero) is 1. The summed E-state index contributed by atoms with van der Waals surface area (Å²) >= 11 is 4.60. The second-order valence-electron chi connectivity index (χ2n) is 3.75. The minimum atomic E-state index is -0.335. The Morgan fingerprint density at radius 1 is 1.41 bits per heavy atom. The lowest BCUT2D eigenvalue weighted by atomic mass is 10.1.